The predicted octanol–water partition coefficient (Wildman–Crippen LogP) is 4.25. The summed E-state index contributed by atoms with van der Waals surface area (Å²) in [6.45, 7) is 9.71. The lowest BCUT2D eigenvalue weighted by Gasteiger charge is -2.06. The summed E-state index contributed by atoms with van der Waals surface area (Å²) in [5.41, 5.74) is 0. The van der Waals surface area contributed by atoms with Gasteiger partial charge in [-0.15, -0.1) is 0 Å². The molecule has 104 valence electrons. The van der Waals surface area contributed by atoms with E-state index in [-0.39, 0.29) is 6.10 Å². The highest BCUT2D eigenvalue weighted by molar-refractivity contribution is 7.09. The Kier molecular flexibility index (Phi) is 8.57. The van der Waals surface area contributed by atoms with Gasteiger partial charge >= 0.3 is 0 Å². The summed E-state index contributed by atoms with van der Waals surface area (Å²) < 4.78 is 5.26. The summed E-state index contributed by atoms with van der Waals surface area (Å²) in [5, 5.41) is 0. The molecule has 1 aliphatic rings. The third-order valence-electron chi connectivity index (χ3n) is 3.51. The zero-order valence-corrected chi connectivity index (χ0v) is 12.9. The zero-order valence-electron chi connectivity index (χ0n) is 11.8. The molecule has 0 heterocycles. The Morgan fingerprint density at radius 1 is 1.47 bits per heavy atom. The van der Waals surface area contributed by atoms with Crippen LogP contribution in [0.15, 0.2) is 12.2 Å². The number of hydrogen-bond donors (Lipinski definition) is 0. The lowest BCUT2D eigenvalue weighted by molar-refractivity contribution is 0.284. The van der Waals surface area contributed by atoms with Crippen LogP contribution in [0.3, 0.4) is 0 Å². The maximum atomic E-state index is 6.81. The number of allylic oxidation sites excluding steroid dienone is 2. The van der Waals surface area contributed by atoms with Gasteiger partial charge in [-0.2, -0.15) is 0 Å². The topological polar surface area (TPSA) is 13.6 Å². The molecule has 19 heavy (non-hydrogen) atoms. The van der Waals surface area contributed by atoms with Crippen molar-refractivity contribution in [3.63, 3.8) is 0 Å². The first-order chi connectivity index (χ1) is 9.31. The van der Waals surface area contributed by atoms with Crippen LogP contribution in [0, 0.1) is 30.2 Å². The Bertz CT molecular complexity index is 374. The molecule has 0 amide bonds. The molecule has 2 unspecified atom stereocenters. The minimum absolute atomic E-state index is 0.0389. The van der Waals surface area contributed by atoms with E-state index < -0.39 is 0 Å². The van der Waals surface area contributed by atoms with Crippen LogP contribution in [0.5, 0.6) is 0 Å². The van der Waals surface area contributed by atoms with Crippen LogP contribution in [-0.4, -0.2) is 12.6 Å². The molecule has 1 rings (SSSR count). The highest BCUT2D eigenvalue weighted by atomic mass is 31.0. The van der Waals surface area contributed by atoms with Crippen molar-refractivity contribution in [3.05, 3.63) is 23.6 Å². The average Bonchev–Trinajstić information content (AvgIpc) is 3.15. The van der Waals surface area contributed by atoms with Gasteiger partial charge in [0.2, 0.25) is 6.54 Å². The van der Waals surface area contributed by atoms with Crippen molar-refractivity contribution < 1.29 is 4.52 Å². The van der Waals surface area contributed by atoms with Crippen molar-refractivity contribution in [2.75, 3.05) is 6.54 Å². The van der Waals surface area contributed by atoms with Gasteiger partial charge in [-0.3, -0.25) is 0 Å². The Hall–Kier alpha value is -0.820. The lowest BCUT2D eigenvalue weighted by Crippen LogP contribution is -2.03. The smallest absolute Gasteiger partial charge is 0.217 e. The Morgan fingerprint density at radius 3 is 3.00 bits per heavy atom. The molecule has 0 saturated heterocycles. The zero-order chi connectivity index (χ0) is 13.9. The molecular weight excluding hydrogens is 253 g/mol. The first kappa shape index (κ1) is 16.2. The second kappa shape index (κ2) is 10.0. The molecular formula is C16H24NOP. The van der Waals surface area contributed by atoms with E-state index in [0.29, 0.717) is 12.5 Å². The van der Waals surface area contributed by atoms with Gasteiger partial charge in [-0.25, -0.2) is 6.57 Å². The van der Waals surface area contributed by atoms with Crippen molar-refractivity contribution in [1.82, 2.24) is 0 Å². The molecule has 0 N–H and O–H groups in total. The summed E-state index contributed by atoms with van der Waals surface area (Å²) in [4.78, 5) is 3.44. The minimum Gasteiger partial charge on any atom is -0.350 e. The summed E-state index contributed by atoms with van der Waals surface area (Å²) in [6, 6.07) is 0. The quantitative estimate of drug-likeness (QED) is 0.280. The van der Waals surface area contributed by atoms with Gasteiger partial charge in [-0.05, 0) is 37.7 Å². The second-order valence-electron chi connectivity index (χ2n) is 5.14. The van der Waals surface area contributed by atoms with Crippen molar-refractivity contribution >= 4 is 9.47 Å². The van der Waals surface area contributed by atoms with Crippen molar-refractivity contribution in [3.8, 4) is 11.8 Å². The largest absolute Gasteiger partial charge is 0.350 e. The van der Waals surface area contributed by atoms with Gasteiger partial charge < -0.3 is 9.37 Å². The SMILES string of the molecule is [C-]#[N+]C[C@@H]1C[C@@H]1C/C=C\C#CC(CCCCC)OP. The van der Waals surface area contributed by atoms with Crippen LogP contribution < -0.4 is 0 Å². The first-order valence-electron chi connectivity index (χ1n) is 7.16. The summed E-state index contributed by atoms with van der Waals surface area (Å²) in [7, 11) is 2.31. The Labute approximate surface area is 120 Å². The molecule has 0 spiro atoms. The van der Waals surface area contributed by atoms with E-state index in [1.54, 1.807) is 0 Å². The highest BCUT2D eigenvalue weighted by Gasteiger charge is 2.38. The third-order valence-corrected chi connectivity index (χ3v) is 3.84. The van der Waals surface area contributed by atoms with Gasteiger partial charge in [0, 0.05) is 15.4 Å². The van der Waals surface area contributed by atoms with Crippen LogP contribution in [-0.2, 0) is 4.52 Å². The van der Waals surface area contributed by atoms with Crippen LogP contribution in [0.4, 0.5) is 0 Å². The van der Waals surface area contributed by atoms with Crippen LogP contribution in [0.25, 0.3) is 4.85 Å². The number of unbranched alkanes of at least 4 members (excludes halogenated alkanes) is 2. The molecule has 0 aromatic carbocycles. The minimum atomic E-state index is 0.0389. The van der Waals surface area contributed by atoms with Gasteiger partial charge in [0.25, 0.3) is 0 Å². The van der Waals surface area contributed by atoms with E-state index in [2.05, 4.69) is 39.2 Å². The average molecular weight is 277 g/mol. The van der Waals surface area contributed by atoms with E-state index in [9.17, 15) is 0 Å². The van der Waals surface area contributed by atoms with Crippen molar-refractivity contribution in [1.29, 1.82) is 0 Å². The molecule has 2 nitrogen and oxygen atoms in total. The van der Waals surface area contributed by atoms with Crippen molar-refractivity contribution in [2.24, 2.45) is 11.8 Å². The van der Waals surface area contributed by atoms with E-state index in [0.717, 1.165) is 18.8 Å². The van der Waals surface area contributed by atoms with E-state index in [1.807, 2.05) is 6.08 Å². The maximum Gasteiger partial charge on any atom is 0.217 e. The molecule has 3 heteroatoms. The second-order valence-corrected chi connectivity index (χ2v) is 5.42. The number of nitrogens with zero attached hydrogens (tertiary/aromatic N) is 1. The van der Waals surface area contributed by atoms with E-state index >= 15 is 0 Å². The fourth-order valence-electron chi connectivity index (χ4n) is 2.14. The Morgan fingerprint density at radius 2 is 2.32 bits per heavy atom. The van der Waals surface area contributed by atoms with Crippen LogP contribution >= 0.6 is 9.47 Å². The summed E-state index contributed by atoms with van der Waals surface area (Å²) >= 11 is 0. The van der Waals surface area contributed by atoms with Gasteiger partial charge in [-0.1, -0.05) is 37.7 Å². The molecule has 1 fully saturated rings. The maximum absolute atomic E-state index is 6.81. The Balaban J connectivity index is 2.16. The standard InChI is InChI=1S/C16H24NOP/c1-3-4-6-10-16(18-19)11-8-5-7-9-14-12-15(14)13-17-2/h5,7,14-16H,3-4,6,9-10,12-13,19H2,1H3/b7-5-/t14-,15-,16?/m0/s1. The molecule has 0 aromatic rings. The number of hydrogen-bond acceptors (Lipinski definition) is 1. The number of rotatable bonds is 8. The summed E-state index contributed by atoms with van der Waals surface area (Å²) in [6.07, 6.45) is 11.0. The third kappa shape index (κ3) is 7.37. The predicted molar refractivity (Wildman–Crippen MR) is 83.3 cm³/mol. The van der Waals surface area contributed by atoms with Gasteiger partial charge in [0.15, 0.2) is 0 Å². The first-order valence-corrected chi connectivity index (χ1v) is 7.63. The van der Waals surface area contributed by atoms with Crippen LogP contribution in [0.1, 0.15) is 45.4 Å². The molecule has 0 aromatic heterocycles. The molecule has 0 bridgehead atoms. The van der Waals surface area contributed by atoms with Crippen LogP contribution in [0.2, 0.25) is 0 Å². The fraction of sp³-hybridized carbons (Fsp3) is 0.688. The molecule has 1 saturated carbocycles. The highest BCUT2D eigenvalue weighted by Crippen LogP contribution is 2.41. The van der Waals surface area contributed by atoms with E-state index in [4.69, 9.17) is 11.1 Å². The normalized spacial score (nSPS) is 22.6. The molecule has 1 aliphatic carbocycles. The molecule has 0 aliphatic heterocycles. The molecule has 4 atom stereocenters. The fourth-order valence-corrected chi connectivity index (χ4v) is 2.34. The van der Waals surface area contributed by atoms with Crippen molar-refractivity contribution in [2.45, 2.75) is 51.6 Å². The lowest BCUT2D eigenvalue weighted by atomic mass is 10.1. The summed E-state index contributed by atoms with van der Waals surface area (Å²) in [5.74, 6) is 7.57. The monoisotopic (exact) mass is 277 g/mol. The molecule has 0 radical (unpaired) electrons. The van der Waals surface area contributed by atoms with Gasteiger partial charge in [0.05, 0.1) is 0 Å². The van der Waals surface area contributed by atoms with Gasteiger partial charge in [0.1, 0.15) is 6.10 Å². The van der Waals surface area contributed by atoms with E-state index in [1.165, 1.54) is 25.7 Å².